The first-order valence-electron chi connectivity index (χ1n) is 46.1. The number of benzene rings is 10. The average Bonchev–Trinajstić information content (AvgIpc) is 0.881. The number of carbonyl (C=O) groups excluding carboxylic acids is 8. The minimum Gasteiger partial charge on any atom is -0.481 e. The van der Waals surface area contributed by atoms with Gasteiger partial charge >= 0.3 is 48.3 Å². The van der Waals surface area contributed by atoms with Crippen LogP contribution in [-0.2, 0) is 122 Å². The molecule has 28 heteroatoms. The lowest BCUT2D eigenvalue weighted by atomic mass is 9.88. The summed E-state index contributed by atoms with van der Waals surface area (Å²) in [7, 11) is 1.57. The third kappa shape index (κ3) is 34.6. The van der Waals surface area contributed by atoms with Gasteiger partial charge in [0.15, 0.2) is 0 Å². The van der Waals surface area contributed by atoms with Crippen LogP contribution in [0.15, 0.2) is 279 Å². The molecule has 10 aromatic carbocycles. The van der Waals surface area contributed by atoms with E-state index in [1.165, 1.54) is 16.0 Å². The van der Waals surface area contributed by atoms with Crippen molar-refractivity contribution in [2.24, 2.45) is 0 Å². The van der Waals surface area contributed by atoms with Gasteiger partial charge in [-0.2, -0.15) is 0 Å². The van der Waals surface area contributed by atoms with E-state index in [4.69, 9.17) is 39.4 Å². The van der Waals surface area contributed by atoms with Gasteiger partial charge < -0.3 is 79.8 Å². The molecule has 0 unspecified atom stereocenters. The lowest BCUT2D eigenvalue weighted by molar-refractivity contribution is -0.137. The molecule has 4 saturated heterocycles. The molecule has 712 valence electrons. The van der Waals surface area contributed by atoms with Crippen LogP contribution in [0.2, 0.25) is 0 Å². The smallest absolute Gasteiger partial charge is 0.410 e. The van der Waals surface area contributed by atoms with Crippen molar-refractivity contribution >= 4 is 71.9 Å². The van der Waals surface area contributed by atoms with Gasteiger partial charge in [-0.1, -0.05) is 279 Å². The summed E-state index contributed by atoms with van der Waals surface area (Å²) < 4.78 is 21.2. The molecule has 28 nitrogen and oxygen atoms in total. The summed E-state index contributed by atoms with van der Waals surface area (Å²) in [5.41, 5.74) is 13.3. The zero-order valence-corrected chi connectivity index (χ0v) is 76.6. The molecule has 10 aromatic rings. The van der Waals surface area contributed by atoms with Gasteiger partial charge in [0.1, 0.15) is 45.1 Å². The molecule has 4 aliphatic rings. The Kier molecular flexibility index (Phi) is 40.1. The van der Waals surface area contributed by atoms with Gasteiger partial charge in [0, 0.05) is 85.2 Å². The van der Waals surface area contributed by atoms with Crippen LogP contribution >= 0.6 is 0 Å². The second-order valence-corrected chi connectivity index (χ2v) is 34.3. The molecule has 14 rings (SSSR count). The van der Waals surface area contributed by atoms with E-state index >= 15 is 0 Å². The van der Waals surface area contributed by atoms with Crippen LogP contribution in [0.3, 0.4) is 0 Å². The molecule has 0 radical (unpaired) electrons. The molecule has 8 amide bonds. The van der Waals surface area contributed by atoms with Crippen molar-refractivity contribution in [1.82, 2.24) is 40.4 Å². The number of carbonyl (C=O) groups is 12. The molecule has 4 heterocycles. The van der Waals surface area contributed by atoms with Crippen LogP contribution in [0.25, 0.3) is 0 Å². The second-order valence-electron chi connectivity index (χ2n) is 34.3. The molecule has 0 spiro atoms. The SMILES string of the molecule is CN(CC(=O)N1CCC(c2ccc(CC(=O)O)cc2)CC1)C(=O)OCc1ccccc1.O=C(O)Cc1ccc(C2CCN(C(=O)CCNC(=O)OCc3ccccc3)CC2)cc1.O=C(O)Cc1ccc(C2CCN(C(=O)[C@@H](Cc3ccccc3)NC(=O)OCc3ccccc3)CC2)cc1.O=C(O)Cc1ccc(C2CCN(C(=O)[C@@H](Cc3ccccc3)NC(=O)OCc3ccccc3)CC2)cc1. The zero-order valence-electron chi connectivity index (χ0n) is 76.6. The number of amides is 8. The topological polar surface area (TPSA) is 375 Å². The fraction of sp³-hybridized carbons (Fsp3) is 0.333. The Labute approximate surface area is 792 Å². The van der Waals surface area contributed by atoms with Crippen LogP contribution in [0, 0.1) is 0 Å². The van der Waals surface area contributed by atoms with Crippen molar-refractivity contribution in [3.63, 3.8) is 0 Å². The molecule has 136 heavy (non-hydrogen) atoms. The van der Waals surface area contributed by atoms with Crippen LogP contribution in [0.4, 0.5) is 19.2 Å². The van der Waals surface area contributed by atoms with Crippen molar-refractivity contribution in [2.45, 2.75) is 158 Å². The van der Waals surface area contributed by atoms with Gasteiger partial charge in [-0.25, -0.2) is 19.2 Å². The summed E-state index contributed by atoms with van der Waals surface area (Å²) >= 11 is 0. The van der Waals surface area contributed by atoms with Crippen molar-refractivity contribution < 1.29 is 96.9 Å². The molecule has 0 saturated carbocycles. The molecule has 2 atom stereocenters. The molecule has 0 aromatic heterocycles. The van der Waals surface area contributed by atoms with Crippen molar-refractivity contribution in [3.8, 4) is 0 Å². The minimum absolute atomic E-state index is 0.0107. The summed E-state index contributed by atoms with van der Waals surface area (Å²) in [5, 5.41) is 43.9. The fourth-order valence-corrected chi connectivity index (χ4v) is 16.9. The molecule has 0 bridgehead atoms. The van der Waals surface area contributed by atoms with Crippen LogP contribution in [-0.4, -0.2) is 201 Å². The molecular weight excluding hydrogens is 1730 g/mol. The number of aliphatic carboxylic acids is 4. The lowest BCUT2D eigenvalue weighted by Gasteiger charge is -2.34. The van der Waals surface area contributed by atoms with E-state index in [9.17, 15) is 57.5 Å². The summed E-state index contributed by atoms with van der Waals surface area (Å²) in [5.74, 6) is -2.33. The number of likely N-dealkylation sites (N-methyl/N-ethyl adjacent to an activating group) is 1. The highest BCUT2D eigenvalue weighted by Gasteiger charge is 2.34. The summed E-state index contributed by atoms with van der Waals surface area (Å²) in [4.78, 5) is 153. The van der Waals surface area contributed by atoms with E-state index in [2.05, 4.69) is 16.0 Å². The van der Waals surface area contributed by atoms with Gasteiger partial charge in [0.25, 0.3) is 0 Å². The Hall–Kier alpha value is -15.0. The predicted octanol–water partition coefficient (Wildman–Crippen LogP) is 15.7. The summed E-state index contributed by atoms with van der Waals surface area (Å²) in [6.45, 7) is 5.86. The van der Waals surface area contributed by atoms with E-state index in [-0.39, 0.29) is 95.2 Å². The largest absolute Gasteiger partial charge is 0.481 e. The van der Waals surface area contributed by atoms with Gasteiger partial charge in [-0.05, 0) is 153 Å². The van der Waals surface area contributed by atoms with E-state index in [1.807, 2.05) is 294 Å². The number of likely N-dealkylation sites (tertiary alicyclic amines) is 4. The van der Waals surface area contributed by atoms with Gasteiger partial charge in [-0.15, -0.1) is 0 Å². The highest BCUT2D eigenvalue weighted by molar-refractivity contribution is 5.87. The summed E-state index contributed by atoms with van der Waals surface area (Å²) in [6, 6.07) is 86.3. The second kappa shape index (κ2) is 53.7. The molecule has 4 fully saturated rings. The van der Waals surface area contributed by atoms with Crippen LogP contribution in [0.5, 0.6) is 0 Å². The zero-order chi connectivity index (χ0) is 96.3. The first kappa shape index (κ1) is 102. The van der Waals surface area contributed by atoms with Crippen LogP contribution < -0.4 is 16.0 Å². The number of rotatable bonds is 33. The third-order valence-corrected chi connectivity index (χ3v) is 24.4. The third-order valence-electron chi connectivity index (χ3n) is 24.4. The number of alkyl carbamates (subject to hydrolysis) is 3. The Morgan fingerprint density at radius 1 is 0.301 bits per heavy atom. The molecule has 7 N–H and O–H groups in total. The predicted molar refractivity (Wildman–Crippen MR) is 511 cm³/mol. The number of nitrogens with one attached hydrogen (secondary N) is 3. The Morgan fingerprint density at radius 3 is 0.816 bits per heavy atom. The van der Waals surface area contributed by atoms with E-state index in [0.29, 0.717) is 88.9 Å². The summed E-state index contributed by atoms with van der Waals surface area (Å²) in [6.07, 6.45) is 5.45. The van der Waals surface area contributed by atoms with E-state index in [1.54, 1.807) is 11.9 Å². The van der Waals surface area contributed by atoms with Gasteiger partial charge in [0.05, 0.1) is 25.7 Å². The molecule has 4 aliphatic heterocycles. The molecule has 0 aliphatic carbocycles. The molecular formula is C108H120N8O20. The van der Waals surface area contributed by atoms with Crippen molar-refractivity contribution in [1.29, 1.82) is 0 Å². The van der Waals surface area contributed by atoms with E-state index < -0.39 is 60.3 Å². The van der Waals surface area contributed by atoms with Crippen molar-refractivity contribution in [3.05, 3.63) is 357 Å². The number of carboxylic acids is 4. The van der Waals surface area contributed by atoms with Crippen molar-refractivity contribution in [2.75, 3.05) is 72.5 Å². The maximum Gasteiger partial charge on any atom is 0.410 e. The minimum atomic E-state index is -0.845. The number of hydrogen-bond donors (Lipinski definition) is 7. The quantitative estimate of drug-likeness (QED) is 0.0188. The Balaban J connectivity index is 0.000000175. The highest BCUT2D eigenvalue weighted by Crippen LogP contribution is 2.34. The standard InChI is InChI=1S/2C30H32N2O5.2C24H28N2O5/c2*33-28(34)20-23-11-13-25(14-12-23)26-15-17-32(18-16-26)29(35)27(19-22-7-3-1-4-8-22)31-30(36)37-21-24-9-5-2-6-10-24;1-25(24(30)31-17-19-5-3-2-4-6-19)16-22(27)26-13-11-21(12-14-26)20-9-7-18(8-10-20)15-23(28)29;27-22(10-13-25-24(30)31-17-19-4-2-1-3-5-19)26-14-11-21(12-15-26)20-8-6-18(7-9-20)16-23(28)29/h2*1-14,26-27H,15-21H2,(H,31,36)(H,33,34);2-10,21H,11-17H2,1H3,(H,28,29);1-9,21H,10-17H2,(H,25,30)(H,28,29)/t2*27-;;/m11../s1. The lowest BCUT2D eigenvalue weighted by Crippen LogP contribution is -2.51. The maximum atomic E-state index is 13.5. The maximum absolute atomic E-state index is 13.5. The Morgan fingerprint density at radius 2 is 0.544 bits per heavy atom. The normalized spacial score (nSPS) is 14.4. The number of carboxylic acid groups (broad SMARTS) is 4. The van der Waals surface area contributed by atoms with E-state index in [0.717, 1.165) is 118 Å². The first-order chi connectivity index (χ1) is 65.9. The average molecular weight is 1850 g/mol. The van der Waals surface area contributed by atoms with Gasteiger partial charge in [0.2, 0.25) is 23.6 Å². The first-order valence-corrected chi connectivity index (χ1v) is 46.1. The Bertz CT molecular complexity index is 5280. The highest BCUT2D eigenvalue weighted by atomic mass is 16.6. The number of nitrogens with zero attached hydrogens (tertiary/aromatic N) is 5. The number of ether oxygens (including phenoxy) is 4. The fourth-order valence-electron chi connectivity index (χ4n) is 16.9. The number of hydrogen-bond acceptors (Lipinski definition) is 16. The van der Waals surface area contributed by atoms with Gasteiger partial charge in [-0.3, -0.25) is 38.4 Å². The number of piperidine rings is 4. The monoisotopic (exact) mass is 1850 g/mol. The van der Waals surface area contributed by atoms with Crippen LogP contribution in [0.1, 0.15) is 159 Å².